The van der Waals surface area contributed by atoms with Crippen LogP contribution in [0.1, 0.15) is 36.2 Å². The number of halogens is 3. The van der Waals surface area contributed by atoms with Crippen LogP contribution in [0.4, 0.5) is 18.0 Å². The highest BCUT2D eigenvalue weighted by atomic mass is 19.1. The van der Waals surface area contributed by atoms with Crippen LogP contribution in [0.2, 0.25) is 0 Å². The maximum atomic E-state index is 15.7. The second-order valence-corrected chi connectivity index (χ2v) is 12.4. The van der Waals surface area contributed by atoms with Gasteiger partial charge in [0.25, 0.3) is 0 Å². The first-order chi connectivity index (χ1) is 27.1. The fourth-order valence-electron chi connectivity index (χ4n) is 5.58. The SMILES string of the molecule is C=CCN(CC(=O)N[C@@H](Cc1c(F)cc(OCc2ccccc2)cc1F)C(=O)N(Cc1cccc(F)n1)CC(OCC)OCC)NC(=O)NCc1ccccc1. The molecule has 0 saturated carbocycles. The average molecular weight is 777 g/mol. The second kappa shape index (κ2) is 22.6. The van der Waals surface area contributed by atoms with Gasteiger partial charge in [0.05, 0.1) is 25.3 Å². The number of nitrogens with one attached hydrogen (secondary N) is 3. The molecule has 56 heavy (non-hydrogen) atoms. The van der Waals surface area contributed by atoms with Crippen LogP contribution < -0.4 is 20.8 Å². The van der Waals surface area contributed by atoms with E-state index < -0.39 is 66.3 Å². The smallest absolute Gasteiger partial charge is 0.329 e. The number of hydrazine groups is 1. The Hall–Kier alpha value is -5.77. The fraction of sp³-hybridized carbons (Fsp3) is 0.317. The third-order valence-electron chi connectivity index (χ3n) is 8.16. The predicted octanol–water partition coefficient (Wildman–Crippen LogP) is 5.44. The van der Waals surface area contributed by atoms with Crippen molar-refractivity contribution >= 4 is 17.8 Å². The van der Waals surface area contributed by atoms with Crippen molar-refractivity contribution in [3.63, 3.8) is 0 Å². The molecule has 15 heteroatoms. The second-order valence-electron chi connectivity index (χ2n) is 12.4. The van der Waals surface area contributed by atoms with E-state index in [1.165, 1.54) is 28.1 Å². The summed E-state index contributed by atoms with van der Waals surface area (Å²) in [5.41, 5.74) is 3.88. The van der Waals surface area contributed by atoms with Crippen LogP contribution >= 0.6 is 0 Å². The van der Waals surface area contributed by atoms with Crippen LogP contribution in [0, 0.1) is 17.6 Å². The highest BCUT2D eigenvalue weighted by molar-refractivity contribution is 5.89. The molecule has 1 atom stereocenters. The van der Waals surface area contributed by atoms with E-state index in [2.05, 4.69) is 27.6 Å². The topological polar surface area (TPSA) is 134 Å². The minimum absolute atomic E-state index is 0.0280. The van der Waals surface area contributed by atoms with E-state index in [1.54, 1.807) is 38.1 Å². The Kier molecular flexibility index (Phi) is 17.3. The summed E-state index contributed by atoms with van der Waals surface area (Å²) in [5, 5.41) is 6.55. The van der Waals surface area contributed by atoms with Gasteiger partial charge in [0.2, 0.25) is 17.8 Å². The van der Waals surface area contributed by atoms with Crippen LogP contribution in [0.5, 0.6) is 5.75 Å². The Labute approximate surface area is 324 Å². The van der Waals surface area contributed by atoms with Gasteiger partial charge in [-0.25, -0.2) is 23.6 Å². The van der Waals surface area contributed by atoms with E-state index in [1.807, 2.05) is 36.4 Å². The first-order valence-electron chi connectivity index (χ1n) is 18.1. The van der Waals surface area contributed by atoms with Gasteiger partial charge in [-0.3, -0.25) is 15.0 Å². The number of nitrogens with zero attached hydrogens (tertiary/aromatic N) is 3. The molecule has 4 rings (SSSR count). The predicted molar refractivity (Wildman–Crippen MR) is 203 cm³/mol. The van der Waals surface area contributed by atoms with Gasteiger partial charge in [0.15, 0.2) is 6.29 Å². The molecule has 12 nitrogen and oxygen atoms in total. The highest BCUT2D eigenvalue weighted by Gasteiger charge is 2.31. The molecule has 1 aromatic heterocycles. The van der Waals surface area contributed by atoms with Crippen molar-refractivity contribution < 1.29 is 41.8 Å². The highest BCUT2D eigenvalue weighted by Crippen LogP contribution is 2.24. The molecule has 0 fully saturated rings. The first-order valence-corrected chi connectivity index (χ1v) is 18.1. The lowest BCUT2D eigenvalue weighted by Gasteiger charge is -2.31. The Balaban J connectivity index is 1.60. The van der Waals surface area contributed by atoms with Crippen molar-refractivity contribution in [2.75, 3.05) is 32.8 Å². The van der Waals surface area contributed by atoms with Gasteiger partial charge in [0, 0.05) is 50.4 Å². The van der Waals surface area contributed by atoms with Gasteiger partial charge in [-0.15, -0.1) is 6.58 Å². The Morgan fingerprint density at radius 1 is 0.875 bits per heavy atom. The maximum Gasteiger partial charge on any atom is 0.329 e. The first kappa shape index (κ1) is 43.0. The van der Waals surface area contributed by atoms with E-state index in [-0.39, 0.29) is 57.4 Å². The lowest BCUT2D eigenvalue weighted by atomic mass is 10.0. The zero-order valence-corrected chi connectivity index (χ0v) is 31.4. The fourth-order valence-corrected chi connectivity index (χ4v) is 5.58. The van der Waals surface area contributed by atoms with E-state index >= 15 is 8.78 Å². The van der Waals surface area contributed by atoms with Gasteiger partial charge in [-0.2, -0.15) is 4.39 Å². The van der Waals surface area contributed by atoms with E-state index in [9.17, 15) is 18.8 Å². The molecule has 0 bridgehead atoms. The van der Waals surface area contributed by atoms with E-state index in [0.29, 0.717) is 0 Å². The van der Waals surface area contributed by atoms with Crippen LogP contribution in [0.25, 0.3) is 0 Å². The molecule has 1 heterocycles. The normalized spacial score (nSPS) is 11.6. The number of urea groups is 1. The largest absolute Gasteiger partial charge is 0.489 e. The summed E-state index contributed by atoms with van der Waals surface area (Å²) >= 11 is 0. The third kappa shape index (κ3) is 14.1. The number of benzene rings is 3. The molecule has 4 aromatic rings. The molecule has 0 saturated heterocycles. The minimum Gasteiger partial charge on any atom is -0.489 e. The van der Waals surface area contributed by atoms with E-state index in [4.69, 9.17) is 14.2 Å². The Morgan fingerprint density at radius 3 is 2.12 bits per heavy atom. The maximum absolute atomic E-state index is 15.7. The van der Waals surface area contributed by atoms with Crippen LogP contribution in [-0.2, 0) is 45.2 Å². The molecule has 298 valence electrons. The molecule has 0 aliphatic rings. The monoisotopic (exact) mass is 776 g/mol. The standard InChI is InChI=1S/C41H47F3N6O6/c1-4-20-50(48-41(53)45-24-29-14-9-7-10-15-29)26-38(51)47-36(23-33-34(42)21-32(22-35(33)43)56-28-30-16-11-8-12-17-30)40(52)49(27-39(54-5-2)55-6-3)25-31-18-13-19-37(44)46-31/h4,7-19,21-22,36,39H,1,5-6,20,23-28H2,2-3H3,(H,47,51)(H2,45,48,53)/t36-/m0/s1. The summed E-state index contributed by atoms with van der Waals surface area (Å²) in [6.45, 7) is 6.97. The number of pyridine rings is 1. The van der Waals surface area contributed by atoms with Gasteiger partial charge in [-0.1, -0.05) is 72.8 Å². The number of carbonyl (C=O) groups excluding carboxylic acids is 3. The van der Waals surface area contributed by atoms with Crippen molar-refractivity contribution in [3.05, 3.63) is 144 Å². The number of carbonyl (C=O) groups is 3. The lowest BCUT2D eigenvalue weighted by molar-refractivity contribution is -0.161. The zero-order chi connectivity index (χ0) is 40.3. The average Bonchev–Trinajstić information content (AvgIpc) is 3.18. The van der Waals surface area contributed by atoms with Gasteiger partial charge < -0.3 is 29.7 Å². The summed E-state index contributed by atoms with van der Waals surface area (Å²) in [5.74, 6) is -4.44. The van der Waals surface area contributed by atoms with Crippen LogP contribution in [0.15, 0.2) is 104 Å². The molecule has 0 radical (unpaired) electrons. The number of amides is 4. The number of hydrogen-bond donors (Lipinski definition) is 3. The van der Waals surface area contributed by atoms with Crippen molar-refractivity contribution in [1.82, 2.24) is 31.0 Å². The number of hydrogen-bond acceptors (Lipinski definition) is 8. The van der Waals surface area contributed by atoms with Crippen molar-refractivity contribution in [3.8, 4) is 5.75 Å². The summed E-state index contributed by atoms with van der Waals surface area (Å²) in [6.07, 6.45) is -0.112. The summed E-state index contributed by atoms with van der Waals surface area (Å²) in [6, 6.07) is 22.1. The van der Waals surface area contributed by atoms with Gasteiger partial charge in [0.1, 0.15) is 30.0 Å². The van der Waals surface area contributed by atoms with Crippen LogP contribution in [-0.4, -0.2) is 77.9 Å². The molecular formula is C41H47F3N6O6. The van der Waals surface area contributed by atoms with E-state index in [0.717, 1.165) is 29.3 Å². The quantitative estimate of drug-likeness (QED) is 0.0417. The third-order valence-corrected chi connectivity index (χ3v) is 8.16. The molecule has 0 spiro atoms. The van der Waals surface area contributed by atoms with Crippen LogP contribution in [0.3, 0.4) is 0 Å². The number of aromatic nitrogens is 1. The number of rotatable bonds is 22. The van der Waals surface area contributed by atoms with Crippen molar-refractivity contribution in [2.45, 2.75) is 52.3 Å². The number of ether oxygens (including phenoxy) is 3. The molecule has 0 aliphatic heterocycles. The Morgan fingerprint density at radius 2 is 1.52 bits per heavy atom. The molecule has 3 aromatic carbocycles. The summed E-state index contributed by atoms with van der Waals surface area (Å²) in [7, 11) is 0. The lowest BCUT2D eigenvalue weighted by Crippen LogP contribution is -2.55. The molecule has 3 N–H and O–H groups in total. The molecule has 4 amide bonds. The van der Waals surface area contributed by atoms with Crippen molar-refractivity contribution in [1.29, 1.82) is 0 Å². The minimum atomic E-state index is -1.57. The molecular weight excluding hydrogens is 729 g/mol. The molecule has 0 unspecified atom stereocenters. The summed E-state index contributed by atoms with van der Waals surface area (Å²) in [4.78, 5) is 45.9. The summed E-state index contributed by atoms with van der Waals surface area (Å²) < 4.78 is 62.6. The molecule has 0 aliphatic carbocycles. The Bertz CT molecular complexity index is 1840. The zero-order valence-electron chi connectivity index (χ0n) is 31.4. The van der Waals surface area contributed by atoms with Gasteiger partial charge in [-0.05, 0) is 37.1 Å². The van der Waals surface area contributed by atoms with Gasteiger partial charge >= 0.3 is 6.03 Å². The van der Waals surface area contributed by atoms with Crippen molar-refractivity contribution in [2.24, 2.45) is 0 Å².